The van der Waals surface area contributed by atoms with E-state index in [4.69, 9.17) is 4.74 Å². The summed E-state index contributed by atoms with van der Waals surface area (Å²) in [7, 11) is 0. The summed E-state index contributed by atoms with van der Waals surface area (Å²) in [6.07, 6.45) is 0.755. The van der Waals surface area contributed by atoms with Crippen LogP contribution in [-0.2, 0) is 16.0 Å². The molecule has 2 nitrogen and oxygen atoms in total. The first kappa shape index (κ1) is 11.8. The Morgan fingerprint density at radius 3 is 2.67 bits per heavy atom. The van der Waals surface area contributed by atoms with Gasteiger partial charge in [0.2, 0.25) is 0 Å². The maximum absolute atomic E-state index is 11.4. The summed E-state index contributed by atoms with van der Waals surface area (Å²) < 4.78 is 4.98. The van der Waals surface area contributed by atoms with Crippen molar-refractivity contribution in [3.8, 4) is 0 Å². The van der Waals surface area contributed by atoms with Crippen molar-refractivity contribution in [2.75, 3.05) is 6.61 Å². The molecule has 1 aromatic carbocycles. The van der Waals surface area contributed by atoms with Crippen molar-refractivity contribution in [1.82, 2.24) is 0 Å². The summed E-state index contributed by atoms with van der Waals surface area (Å²) in [6, 6.07) is 8.13. The van der Waals surface area contributed by atoms with E-state index in [1.165, 1.54) is 11.1 Å². The lowest BCUT2D eigenvalue weighted by molar-refractivity contribution is -0.147. The van der Waals surface area contributed by atoms with Gasteiger partial charge >= 0.3 is 5.97 Å². The van der Waals surface area contributed by atoms with Gasteiger partial charge in [-0.1, -0.05) is 31.2 Å². The van der Waals surface area contributed by atoms with Crippen molar-refractivity contribution in [1.29, 1.82) is 0 Å². The molecule has 0 aliphatic rings. The van der Waals surface area contributed by atoms with Crippen molar-refractivity contribution in [2.45, 2.75) is 27.2 Å². The van der Waals surface area contributed by atoms with E-state index in [2.05, 4.69) is 19.1 Å². The third kappa shape index (κ3) is 3.39. The zero-order valence-electron chi connectivity index (χ0n) is 9.62. The fraction of sp³-hybridized carbons (Fsp3) is 0.462. The molecule has 0 N–H and O–H groups in total. The van der Waals surface area contributed by atoms with Crippen molar-refractivity contribution in [2.24, 2.45) is 5.92 Å². The molecular weight excluding hydrogens is 188 g/mol. The molecule has 1 rings (SSSR count). The minimum absolute atomic E-state index is 0.0638. The Morgan fingerprint density at radius 2 is 2.07 bits per heavy atom. The molecule has 0 fully saturated rings. The minimum atomic E-state index is -0.110. The van der Waals surface area contributed by atoms with Crippen molar-refractivity contribution < 1.29 is 9.53 Å². The van der Waals surface area contributed by atoms with E-state index in [9.17, 15) is 4.79 Å². The predicted octanol–water partition coefficient (Wildman–Crippen LogP) is 2.74. The van der Waals surface area contributed by atoms with Gasteiger partial charge in [-0.2, -0.15) is 0 Å². The molecule has 0 aliphatic heterocycles. The molecule has 0 spiro atoms. The molecule has 0 radical (unpaired) electrons. The average Bonchev–Trinajstić information content (AvgIpc) is 2.21. The minimum Gasteiger partial charge on any atom is -0.466 e. The van der Waals surface area contributed by atoms with E-state index < -0.39 is 0 Å². The van der Waals surface area contributed by atoms with Crippen LogP contribution in [0, 0.1) is 12.8 Å². The van der Waals surface area contributed by atoms with Gasteiger partial charge in [-0.05, 0) is 31.4 Å². The number of aryl methyl sites for hydroxylation is 1. The van der Waals surface area contributed by atoms with E-state index in [-0.39, 0.29) is 11.9 Å². The molecule has 0 bridgehead atoms. The Hall–Kier alpha value is -1.31. The first-order chi connectivity index (χ1) is 7.15. The monoisotopic (exact) mass is 206 g/mol. The van der Waals surface area contributed by atoms with Crippen molar-refractivity contribution in [3.63, 3.8) is 0 Å². The second-order valence-corrected chi connectivity index (χ2v) is 3.78. The van der Waals surface area contributed by atoms with Gasteiger partial charge < -0.3 is 4.74 Å². The molecule has 0 aliphatic carbocycles. The number of carbonyl (C=O) groups is 1. The third-order valence-electron chi connectivity index (χ3n) is 2.48. The van der Waals surface area contributed by atoms with E-state index in [1.807, 2.05) is 26.0 Å². The second-order valence-electron chi connectivity index (χ2n) is 3.78. The van der Waals surface area contributed by atoms with Crippen LogP contribution in [0.5, 0.6) is 0 Å². The summed E-state index contributed by atoms with van der Waals surface area (Å²) in [4.78, 5) is 11.4. The average molecular weight is 206 g/mol. The lowest BCUT2D eigenvalue weighted by Crippen LogP contribution is -2.17. The standard InChI is InChI=1S/C13H18O2/c1-4-15-13(14)11(3)9-12-8-6-5-7-10(12)2/h5-8,11H,4,9H2,1-3H3/t11-/m0/s1. The van der Waals surface area contributed by atoms with Crippen LogP contribution in [-0.4, -0.2) is 12.6 Å². The van der Waals surface area contributed by atoms with E-state index >= 15 is 0 Å². The first-order valence-electron chi connectivity index (χ1n) is 5.36. The lowest BCUT2D eigenvalue weighted by Gasteiger charge is -2.11. The van der Waals surface area contributed by atoms with Crippen LogP contribution in [0.1, 0.15) is 25.0 Å². The molecule has 2 heteroatoms. The smallest absolute Gasteiger partial charge is 0.308 e. The zero-order chi connectivity index (χ0) is 11.3. The van der Waals surface area contributed by atoms with E-state index in [0.717, 1.165) is 6.42 Å². The van der Waals surface area contributed by atoms with E-state index in [1.54, 1.807) is 0 Å². The van der Waals surface area contributed by atoms with Gasteiger partial charge in [-0.25, -0.2) is 0 Å². The molecule has 0 saturated carbocycles. The molecule has 0 amide bonds. The number of benzene rings is 1. The molecular formula is C13H18O2. The maximum atomic E-state index is 11.4. The topological polar surface area (TPSA) is 26.3 Å². The summed E-state index contributed by atoms with van der Waals surface area (Å²) in [6.45, 7) is 6.26. The Bertz CT molecular complexity index is 331. The SMILES string of the molecule is CCOC(=O)[C@@H](C)Cc1ccccc1C. The second kappa shape index (κ2) is 5.54. The summed E-state index contributed by atoms with van der Waals surface area (Å²) >= 11 is 0. The maximum Gasteiger partial charge on any atom is 0.308 e. The summed E-state index contributed by atoms with van der Waals surface area (Å²) in [5.74, 6) is -0.174. The molecule has 82 valence electrons. The number of rotatable bonds is 4. The van der Waals surface area contributed by atoms with Crippen LogP contribution in [0.15, 0.2) is 24.3 Å². The fourth-order valence-electron chi connectivity index (χ4n) is 1.54. The van der Waals surface area contributed by atoms with Crippen LogP contribution in [0.25, 0.3) is 0 Å². The summed E-state index contributed by atoms with van der Waals surface area (Å²) in [5, 5.41) is 0. The van der Waals surface area contributed by atoms with Crippen LogP contribution >= 0.6 is 0 Å². The normalized spacial score (nSPS) is 12.2. The Kier molecular flexibility index (Phi) is 4.35. The highest BCUT2D eigenvalue weighted by molar-refractivity contribution is 5.72. The van der Waals surface area contributed by atoms with Crippen LogP contribution in [0.3, 0.4) is 0 Å². The third-order valence-corrected chi connectivity index (χ3v) is 2.48. The highest BCUT2D eigenvalue weighted by atomic mass is 16.5. The highest BCUT2D eigenvalue weighted by Crippen LogP contribution is 2.13. The number of ether oxygens (including phenoxy) is 1. The van der Waals surface area contributed by atoms with Crippen molar-refractivity contribution >= 4 is 5.97 Å². The Morgan fingerprint density at radius 1 is 1.40 bits per heavy atom. The molecule has 0 saturated heterocycles. The fourth-order valence-corrected chi connectivity index (χ4v) is 1.54. The number of esters is 1. The van der Waals surface area contributed by atoms with Gasteiger partial charge in [-0.3, -0.25) is 4.79 Å². The van der Waals surface area contributed by atoms with Crippen LogP contribution in [0.4, 0.5) is 0 Å². The van der Waals surface area contributed by atoms with Crippen molar-refractivity contribution in [3.05, 3.63) is 35.4 Å². The van der Waals surface area contributed by atoms with Gasteiger partial charge in [-0.15, -0.1) is 0 Å². The van der Waals surface area contributed by atoms with Gasteiger partial charge in [0.15, 0.2) is 0 Å². The predicted molar refractivity (Wildman–Crippen MR) is 60.7 cm³/mol. The highest BCUT2D eigenvalue weighted by Gasteiger charge is 2.14. The largest absolute Gasteiger partial charge is 0.466 e. The molecule has 0 unspecified atom stereocenters. The van der Waals surface area contributed by atoms with Crippen LogP contribution < -0.4 is 0 Å². The number of hydrogen-bond donors (Lipinski definition) is 0. The zero-order valence-corrected chi connectivity index (χ0v) is 9.62. The molecule has 1 atom stereocenters. The van der Waals surface area contributed by atoms with Gasteiger partial charge in [0, 0.05) is 0 Å². The van der Waals surface area contributed by atoms with Gasteiger partial charge in [0.25, 0.3) is 0 Å². The number of carbonyl (C=O) groups excluding carboxylic acids is 1. The molecule has 15 heavy (non-hydrogen) atoms. The Labute approximate surface area is 91.3 Å². The van der Waals surface area contributed by atoms with Gasteiger partial charge in [0.1, 0.15) is 0 Å². The Balaban J connectivity index is 2.62. The molecule has 1 aromatic rings. The summed E-state index contributed by atoms with van der Waals surface area (Å²) in [5.41, 5.74) is 2.45. The molecule has 0 heterocycles. The first-order valence-corrected chi connectivity index (χ1v) is 5.36. The van der Waals surface area contributed by atoms with Gasteiger partial charge in [0.05, 0.1) is 12.5 Å². The van der Waals surface area contributed by atoms with Crippen LogP contribution in [0.2, 0.25) is 0 Å². The quantitative estimate of drug-likeness (QED) is 0.708. The molecule has 0 aromatic heterocycles. The number of hydrogen-bond acceptors (Lipinski definition) is 2. The van der Waals surface area contributed by atoms with E-state index in [0.29, 0.717) is 6.61 Å². The lowest BCUT2D eigenvalue weighted by atomic mass is 9.98.